The number of nitrogens with one attached hydrogen (secondary N) is 4. The van der Waals surface area contributed by atoms with Crippen LogP contribution >= 0.6 is 68.0 Å². The zero-order chi connectivity index (χ0) is 71.3. The molecule has 100 heavy (non-hydrogen) atoms. The molecular formula is C70H80N12O12S6. The average Bonchev–Trinajstić information content (AvgIpc) is 1.60. The zero-order valence-corrected chi connectivity index (χ0v) is 60.9. The van der Waals surface area contributed by atoms with Gasteiger partial charge in [-0.3, -0.25) is 33.7 Å². The number of thiazole rings is 6. The highest BCUT2D eigenvalue weighted by molar-refractivity contribution is 7.15. The molecule has 0 spiro atoms. The second kappa shape index (κ2) is 34.2. The number of aliphatic hydroxyl groups excluding tert-OH is 1. The van der Waals surface area contributed by atoms with Crippen molar-refractivity contribution in [2.45, 2.75) is 154 Å². The number of aliphatic carboxylic acids is 3. The first kappa shape index (κ1) is 74.2. The minimum atomic E-state index is -0.969. The largest absolute Gasteiger partial charge is 0.481 e. The number of aryl methyl sites for hydroxylation is 1. The van der Waals surface area contributed by atoms with Crippen molar-refractivity contribution < 1.29 is 58.7 Å². The number of ketones is 1. The summed E-state index contributed by atoms with van der Waals surface area (Å²) in [5.74, 6) is -5.55. The number of hydrogen-bond acceptors (Lipinski definition) is 24. The van der Waals surface area contributed by atoms with Crippen molar-refractivity contribution in [1.29, 1.82) is 0 Å². The van der Waals surface area contributed by atoms with Crippen LogP contribution in [-0.2, 0) is 30.5 Å². The Morgan fingerprint density at radius 2 is 1.40 bits per heavy atom. The molecule has 1 aliphatic carbocycles. The topological polar surface area (TPSA) is 351 Å². The van der Waals surface area contributed by atoms with Crippen LogP contribution in [0.25, 0.3) is 49.1 Å². The quantitative estimate of drug-likeness (QED) is 0.0292. The van der Waals surface area contributed by atoms with E-state index in [9.17, 15) is 48.9 Å². The molecule has 8 aromatic rings. The Kier molecular flexibility index (Phi) is 25.4. The fourth-order valence-corrected chi connectivity index (χ4v) is 17.7. The van der Waals surface area contributed by atoms with Gasteiger partial charge < -0.3 is 46.4 Å². The van der Waals surface area contributed by atoms with Gasteiger partial charge in [0.25, 0.3) is 5.91 Å². The molecule has 8 heterocycles. The smallest absolute Gasteiger partial charge is 0.415 e. The number of carboxylic acid groups (broad SMARTS) is 3. The molecule has 24 nitrogen and oxygen atoms in total. The number of pyridine rings is 1. The van der Waals surface area contributed by atoms with E-state index in [2.05, 4.69) is 53.5 Å². The van der Waals surface area contributed by atoms with Gasteiger partial charge >= 0.3 is 24.0 Å². The first-order chi connectivity index (χ1) is 48.0. The van der Waals surface area contributed by atoms with Gasteiger partial charge in [0.2, 0.25) is 5.91 Å². The number of rotatable bonds is 22. The molecule has 5 atom stereocenters. The average molecular weight is 1470 g/mol. The lowest BCUT2D eigenvalue weighted by Gasteiger charge is -2.28. The number of hydrogen-bond donors (Lipinski definition) is 8. The van der Waals surface area contributed by atoms with Crippen molar-refractivity contribution >= 4 is 121 Å². The minimum absolute atomic E-state index is 0.0341. The van der Waals surface area contributed by atoms with Crippen molar-refractivity contribution in [2.24, 2.45) is 17.8 Å². The van der Waals surface area contributed by atoms with E-state index >= 15 is 0 Å². The number of Topliss-reactive ketones (excluding diaryl/α,β-unsaturated/α-hetero) is 1. The SMILES string of the molecule is C=C1CNC(=C)c2nc(sc2CO)C(C(C)C)CC(=O)c2nc(sc2C)[C@H](CC(=O)NC)NC(=O)c2csc(n2)-c2ccc(-c3nc(N(CCCC(CCCCCCC(=O)O)C(=O)O)C(=O)OC4CCC(C(=O)O)CC4)cs3)nc2-c2csc(n2)-c2csc(n2)[C@H]([C@@H](C)c2ccccc2)N1. The first-order valence-electron chi connectivity index (χ1n) is 33.1. The third-order valence-corrected chi connectivity index (χ3v) is 23.6. The van der Waals surface area contributed by atoms with E-state index in [-0.39, 0.29) is 104 Å². The van der Waals surface area contributed by atoms with E-state index in [4.69, 9.17) is 44.7 Å². The van der Waals surface area contributed by atoms with E-state index in [1.54, 1.807) is 23.8 Å². The summed E-state index contributed by atoms with van der Waals surface area (Å²) in [4.78, 5) is 130. The van der Waals surface area contributed by atoms with Crippen LogP contribution in [-0.4, -0.2) is 123 Å². The van der Waals surface area contributed by atoms with Crippen molar-refractivity contribution in [3.63, 3.8) is 0 Å². The summed E-state index contributed by atoms with van der Waals surface area (Å²) in [6.45, 7) is 16.7. The number of unbranched alkanes of at least 4 members (excludes halogenated alkanes) is 3. The molecule has 7 aromatic heterocycles. The fourth-order valence-electron chi connectivity index (χ4n) is 12.1. The number of anilines is 1. The van der Waals surface area contributed by atoms with Gasteiger partial charge in [0.05, 0.1) is 64.8 Å². The van der Waals surface area contributed by atoms with Crippen LogP contribution in [0.3, 0.4) is 0 Å². The molecular weight excluding hydrogens is 1390 g/mol. The molecule has 528 valence electrons. The van der Waals surface area contributed by atoms with E-state index in [1.165, 1.54) is 80.0 Å². The number of carboxylic acids is 3. The molecule has 10 bridgehead atoms. The highest BCUT2D eigenvalue weighted by atomic mass is 32.1. The molecule has 1 fully saturated rings. The lowest BCUT2D eigenvalue weighted by Crippen LogP contribution is -2.37. The van der Waals surface area contributed by atoms with Crippen LogP contribution in [0.2, 0.25) is 0 Å². The number of ether oxygens (including phenoxy) is 1. The lowest BCUT2D eigenvalue weighted by molar-refractivity contribution is -0.144. The predicted octanol–water partition coefficient (Wildman–Crippen LogP) is 13.9. The maximum atomic E-state index is 14.5. The van der Waals surface area contributed by atoms with Gasteiger partial charge in [0.1, 0.15) is 71.1 Å². The first-order valence-corrected chi connectivity index (χ1v) is 38.3. The molecule has 1 saturated carbocycles. The minimum Gasteiger partial charge on any atom is -0.481 e. The summed E-state index contributed by atoms with van der Waals surface area (Å²) in [6, 6.07) is 12.3. The van der Waals surface area contributed by atoms with Crippen molar-refractivity contribution in [3.05, 3.63) is 130 Å². The maximum absolute atomic E-state index is 14.5. The summed E-state index contributed by atoms with van der Waals surface area (Å²) in [5.41, 5.74) is 5.21. The van der Waals surface area contributed by atoms with Crippen LogP contribution in [0.5, 0.6) is 0 Å². The Bertz CT molecular complexity index is 4260. The van der Waals surface area contributed by atoms with Crippen molar-refractivity contribution in [3.8, 4) is 43.4 Å². The van der Waals surface area contributed by atoms with E-state index in [1.807, 2.05) is 48.9 Å². The van der Waals surface area contributed by atoms with Crippen molar-refractivity contribution in [2.75, 3.05) is 25.0 Å². The standard InChI is InChI=1S/C70H80N12O12S6/c1-36(2)46-28-52(84)59-40(6)99-66(81-59)48(29-55(85)71-7)75-61(88)50-33-95-62(77-50)45-25-26-47(64-79-54(35-98-64)82(70(93)94-44-23-21-43(22-24-44)69(91)92)27-15-19-42(68(89)90)18-11-8-9-14-20-56(86)87)74-60(45)49-32-96-65(76-49)51-34-97-67(78-51)57(38(4)41-16-12-10-13-17-41)73-37(3)30-72-39(5)58-53(31-83)100-63(46)80-58/h10,12-13,16-17,25-26,32-36,38,42-44,46,48,57,72-73,83H,3,5,8-9,11,14-15,18-24,27-31H2,1-2,4,6-7H3,(H,71,85)(H,75,88)(H,86,87)(H,89,90)(H,91,92)/t38-,42?,43?,44?,46?,48-,57-/m0/s1. The van der Waals surface area contributed by atoms with Crippen LogP contribution in [0, 0.1) is 24.7 Å². The van der Waals surface area contributed by atoms with E-state index in [0.29, 0.717) is 138 Å². The lowest BCUT2D eigenvalue weighted by atomic mass is 9.87. The molecule has 2 aliphatic rings. The summed E-state index contributed by atoms with van der Waals surface area (Å²) in [5, 5.41) is 62.6. The second-order valence-corrected chi connectivity index (χ2v) is 31.0. The number of aliphatic hydroxyl groups is 1. The fraction of sp³-hybridized carbons (Fsp3) is 0.429. The number of carbonyl (C=O) groups is 7. The maximum Gasteiger partial charge on any atom is 0.415 e. The molecule has 0 saturated heterocycles. The molecule has 8 N–H and O–H groups in total. The van der Waals surface area contributed by atoms with Crippen LogP contribution < -0.4 is 26.2 Å². The van der Waals surface area contributed by atoms with Gasteiger partial charge in [-0.05, 0) is 81.9 Å². The molecule has 0 radical (unpaired) electrons. The number of nitrogens with zero attached hydrogens (tertiary/aromatic N) is 8. The van der Waals surface area contributed by atoms with Crippen LogP contribution in [0.15, 0.2) is 82.8 Å². The van der Waals surface area contributed by atoms with Gasteiger partial charge in [0, 0.05) is 75.9 Å². The molecule has 3 amide bonds. The Morgan fingerprint density at radius 1 is 0.710 bits per heavy atom. The predicted molar refractivity (Wildman–Crippen MR) is 389 cm³/mol. The molecule has 10 rings (SSSR count). The second-order valence-electron chi connectivity index (χ2n) is 25.2. The third-order valence-electron chi connectivity index (χ3n) is 17.8. The van der Waals surface area contributed by atoms with E-state index in [0.717, 1.165) is 10.6 Å². The zero-order valence-electron chi connectivity index (χ0n) is 56.0. The Balaban J connectivity index is 1.01. The van der Waals surface area contributed by atoms with Crippen molar-refractivity contribution in [1.82, 2.24) is 56.2 Å². The number of fused-ring (bicyclic) bond motifs is 14. The number of aromatic nitrogens is 7. The summed E-state index contributed by atoms with van der Waals surface area (Å²) in [6.07, 6.45) is 3.37. The van der Waals surface area contributed by atoms with E-state index < -0.39 is 53.9 Å². The molecule has 2 unspecified atom stereocenters. The van der Waals surface area contributed by atoms with Gasteiger partial charge in [-0.1, -0.05) is 83.5 Å². The number of benzene rings is 1. The summed E-state index contributed by atoms with van der Waals surface area (Å²) < 4.78 is 6.05. The monoisotopic (exact) mass is 1470 g/mol. The van der Waals surface area contributed by atoms with Gasteiger partial charge in [-0.15, -0.1) is 68.0 Å². The Hall–Kier alpha value is -8.52. The number of carbonyl (C=O) groups excluding carboxylic acids is 4. The summed E-state index contributed by atoms with van der Waals surface area (Å²) in [7, 11) is 1.49. The Morgan fingerprint density at radius 3 is 2.12 bits per heavy atom. The van der Waals surface area contributed by atoms with Gasteiger partial charge in [-0.2, -0.15) is 0 Å². The normalized spacial score (nSPS) is 18.2. The summed E-state index contributed by atoms with van der Waals surface area (Å²) >= 11 is 7.75. The van der Waals surface area contributed by atoms with Crippen LogP contribution in [0.1, 0.15) is 192 Å². The highest BCUT2D eigenvalue weighted by Gasteiger charge is 2.34. The van der Waals surface area contributed by atoms with Crippen LogP contribution in [0.4, 0.5) is 10.6 Å². The number of amides is 3. The Labute approximate surface area is 602 Å². The van der Waals surface area contributed by atoms with Gasteiger partial charge in [0.15, 0.2) is 5.78 Å². The van der Waals surface area contributed by atoms with Gasteiger partial charge in [-0.25, -0.2) is 39.7 Å². The third kappa shape index (κ3) is 18.5. The highest BCUT2D eigenvalue weighted by Crippen LogP contribution is 2.42. The molecule has 30 heteroatoms. The molecule has 1 aromatic carbocycles. The molecule has 1 aliphatic heterocycles.